The van der Waals surface area contributed by atoms with Crippen molar-refractivity contribution in [2.45, 2.75) is 6.73 Å². The van der Waals surface area contributed by atoms with Gasteiger partial charge in [0, 0.05) is 18.0 Å². The van der Waals surface area contributed by atoms with Gasteiger partial charge in [0.2, 0.25) is 5.78 Å². The highest BCUT2D eigenvalue weighted by molar-refractivity contribution is 8.32. The third-order valence-electron chi connectivity index (χ3n) is 3.18. The average molecular weight is 367 g/mol. The van der Waals surface area contributed by atoms with E-state index < -0.39 is 10.0 Å². The highest BCUT2D eigenvalue weighted by atomic mass is 35.5. The van der Waals surface area contributed by atoms with Gasteiger partial charge in [0.05, 0.1) is 12.2 Å². The van der Waals surface area contributed by atoms with Crippen molar-refractivity contribution in [3.05, 3.63) is 46.5 Å². The number of carbonyl (C=O) groups excluding carboxylic acids is 1. The molecule has 0 aromatic carbocycles. The maximum Gasteiger partial charge on any atom is 0.216 e. The highest BCUT2D eigenvalue weighted by Gasteiger charge is 2.19. The molecule has 6 nitrogen and oxygen atoms in total. The van der Waals surface area contributed by atoms with Gasteiger partial charge in [0.15, 0.2) is 0 Å². The van der Waals surface area contributed by atoms with Crippen LogP contribution in [0.2, 0.25) is 5.15 Å². The van der Waals surface area contributed by atoms with Gasteiger partial charge in [-0.25, -0.2) is 19.7 Å². The number of ether oxygens (including phenoxy) is 1. The van der Waals surface area contributed by atoms with E-state index in [2.05, 4.69) is 28.8 Å². The lowest BCUT2D eigenvalue weighted by molar-refractivity contribution is 0.0796. The Morgan fingerprint density at radius 2 is 2.21 bits per heavy atom. The number of ketones is 1. The van der Waals surface area contributed by atoms with Crippen molar-refractivity contribution in [3.63, 3.8) is 0 Å². The largest absolute Gasteiger partial charge is 0.358 e. The number of carbonyl (C=O) groups is 1. The van der Waals surface area contributed by atoms with Crippen LogP contribution in [0.3, 0.4) is 0 Å². The number of nitriles is 1. The van der Waals surface area contributed by atoms with Crippen molar-refractivity contribution in [3.8, 4) is 6.07 Å². The summed E-state index contributed by atoms with van der Waals surface area (Å²) >= 11 is 5.94. The summed E-state index contributed by atoms with van der Waals surface area (Å²) in [5, 5.41) is 13.5. The van der Waals surface area contributed by atoms with E-state index in [1.54, 1.807) is 12.1 Å². The zero-order valence-electron chi connectivity index (χ0n) is 13.8. The lowest BCUT2D eigenvalue weighted by atomic mass is 10.1. The predicted molar refractivity (Wildman–Crippen MR) is 95.8 cm³/mol. The first-order chi connectivity index (χ1) is 11.3. The van der Waals surface area contributed by atoms with Crippen LogP contribution in [-0.2, 0) is 11.5 Å². The molecule has 0 atom stereocenters. The summed E-state index contributed by atoms with van der Waals surface area (Å²) in [5.41, 5.74) is 0.665. The zero-order valence-corrected chi connectivity index (χ0v) is 15.4. The third-order valence-corrected chi connectivity index (χ3v) is 4.88. The molecular formula is C16H19ClN4O2S. The Balaban J connectivity index is 2.11. The molecule has 0 radical (unpaired) electrons. The molecule has 8 heteroatoms. The van der Waals surface area contributed by atoms with E-state index in [1.165, 1.54) is 16.9 Å². The number of pyridine rings is 1. The monoisotopic (exact) mass is 366 g/mol. The normalized spacial score (nSPS) is 12.0. The minimum Gasteiger partial charge on any atom is -0.358 e. The number of aromatic nitrogens is 3. The summed E-state index contributed by atoms with van der Waals surface area (Å²) < 4.78 is 6.97. The van der Waals surface area contributed by atoms with Crippen molar-refractivity contribution in [1.29, 1.82) is 5.26 Å². The van der Waals surface area contributed by atoms with Crippen LogP contribution in [0, 0.1) is 11.3 Å². The van der Waals surface area contributed by atoms with Crippen LogP contribution in [0.1, 0.15) is 21.7 Å². The van der Waals surface area contributed by atoms with E-state index in [4.69, 9.17) is 16.3 Å². The van der Waals surface area contributed by atoms with E-state index in [9.17, 15) is 10.1 Å². The minimum absolute atomic E-state index is 0.111. The molecule has 2 aromatic rings. The maximum atomic E-state index is 12.5. The van der Waals surface area contributed by atoms with Crippen LogP contribution in [0.5, 0.6) is 0 Å². The van der Waals surface area contributed by atoms with Crippen LogP contribution in [-0.4, -0.2) is 51.7 Å². The Hall–Kier alpha value is -1.88. The quantitative estimate of drug-likeness (QED) is 0.427. The standard InChI is InChI=1S/C16H19ClN4O2S/c1-24(2,3)8-7-23-11-21-12(10-18)9-14(20-21)15(22)13-5-4-6-19-16(13)17/h4-6,9H,7-8,11H2,1-3H3. The molecule has 0 N–H and O–H groups in total. The number of halogens is 1. The van der Waals surface area contributed by atoms with E-state index in [1.807, 2.05) is 6.07 Å². The molecule has 2 aromatic heterocycles. The minimum atomic E-state index is -0.639. The fourth-order valence-electron chi connectivity index (χ4n) is 1.87. The van der Waals surface area contributed by atoms with Crippen molar-refractivity contribution < 1.29 is 9.53 Å². The molecule has 0 amide bonds. The fraction of sp³-hybridized carbons (Fsp3) is 0.375. The Bertz CT molecular complexity index is 777. The molecular weight excluding hydrogens is 348 g/mol. The van der Waals surface area contributed by atoms with E-state index in [0.717, 1.165) is 5.75 Å². The van der Waals surface area contributed by atoms with Gasteiger partial charge in [-0.3, -0.25) is 4.79 Å². The summed E-state index contributed by atoms with van der Waals surface area (Å²) in [6.45, 7) is 0.716. The summed E-state index contributed by atoms with van der Waals surface area (Å²) in [5.74, 6) is 0.593. The SMILES string of the molecule is CS(C)(C)CCOCn1nc(C(=O)c2cccnc2Cl)cc1C#N. The number of nitrogens with zero attached hydrogens (tertiary/aromatic N) is 4. The van der Waals surface area contributed by atoms with Crippen molar-refractivity contribution in [1.82, 2.24) is 14.8 Å². The van der Waals surface area contributed by atoms with Gasteiger partial charge in [-0.15, -0.1) is 0 Å². The number of hydrogen-bond acceptors (Lipinski definition) is 5. The molecule has 24 heavy (non-hydrogen) atoms. The van der Waals surface area contributed by atoms with Gasteiger partial charge in [0.25, 0.3) is 0 Å². The molecule has 2 heterocycles. The number of hydrogen-bond donors (Lipinski definition) is 0. The fourth-order valence-corrected chi connectivity index (χ4v) is 2.69. The maximum absolute atomic E-state index is 12.5. The van der Waals surface area contributed by atoms with E-state index >= 15 is 0 Å². The van der Waals surface area contributed by atoms with Crippen molar-refractivity contribution in [2.75, 3.05) is 31.1 Å². The number of rotatable bonds is 7. The molecule has 0 fully saturated rings. The molecule has 2 rings (SSSR count). The predicted octanol–water partition coefficient (Wildman–Crippen LogP) is 2.70. The second-order valence-electron chi connectivity index (χ2n) is 6.03. The Morgan fingerprint density at radius 3 is 2.83 bits per heavy atom. The first kappa shape index (κ1) is 18.5. The first-order valence-electron chi connectivity index (χ1n) is 7.19. The van der Waals surface area contributed by atoms with Gasteiger partial charge in [-0.2, -0.15) is 10.4 Å². The summed E-state index contributed by atoms with van der Waals surface area (Å²) in [6, 6.07) is 6.65. The van der Waals surface area contributed by atoms with Crippen molar-refractivity contribution >= 4 is 27.4 Å². The smallest absolute Gasteiger partial charge is 0.216 e. The van der Waals surface area contributed by atoms with E-state index in [0.29, 0.717) is 6.61 Å². The van der Waals surface area contributed by atoms with Crippen LogP contribution in [0.15, 0.2) is 24.4 Å². The molecule has 128 valence electrons. The van der Waals surface area contributed by atoms with E-state index in [-0.39, 0.29) is 34.6 Å². The first-order valence-corrected chi connectivity index (χ1v) is 10.6. The lowest BCUT2D eigenvalue weighted by Gasteiger charge is -2.24. The van der Waals surface area contributed by atoms with Gasteiger partial charge in [-0.1, -0.05) is 11.6 Å². The topological polar surface area (TPSA) is 80.8 Å². The van der Waals surface area contributed by atoms with Gasteiger partial charge < -0.3 is 4.74 Å². The summed E-state index contributed by atoms with van der Waals surface area (Å²) in [7, 11) is -0.639. The van der Waals surface area contributed by atoms with Crippen LogP contribution >= 0.6 is 21.6 Å². The van der Waals surface area contributed by atoms with Crippen LogP contribution in [0.25, 0.3) is 0 Å². The molecule has 0 unspecified atom stereocenters. The zero-order chi connectivity index (χ0) is 17.7. The van der Waals surface area contributed by atoms with Gasteiger partial charge >= 0.3 is 0 Å². The molecule has 0 saturated heterocycles. The molecule has 0 aliphatic heterocycles. The second-order valence-corrected chi connectivity index (χ2v) is 11.0. The average Bonchev–Trinajstić information content (AvgIpc) is 2.94. The molecule has 0 bridgehead atoms. The molecule has 0 spiro atoms. The molecule has 0 aliphatic carbocycles. The third kappa shape index (κ3) is 4.81. The summed E-state index contributed by atoms with van der Waals surface area (Å²) in [4.78, 5) is 16.3. The molecule has 0 aliphatic rings. The summed E-state index contributed by atoms with van der Waals surface area (Å²) in [6.07, 6.45) is 8.13. The van der Waals surface area contributed by atoms with Gasteiger partial charge in [-0.05, 0) is 30.9 Å². The van der Waals surface area contributed by atoms with Crippen molar-refractivity contribution in [2.24, 2.45) is 0 Å². The van der Waals surface area contributed by atoms with Crippen LogP contribution < -0.4 is 0 Å². The van der Waals surface area contributed by atoms with Gasteiger partial charge in [0.1, 0.15) is 29.3 Å². The Labute approximate surface area is 147 Å². The molecule has 0 saturated carbocycles. The second kappa shape index (κ2) is 7.79. The Morgan fingerprint density at radius 1 is 1.46 bits per heavy atom. The lowest BCUT2D eigenvalue weighted by Crippen LogP contribution is -2.12. The Kier molecular flexibility index (Phi) is 5.99. The van der Waals surface area contributed by atoms with Crippen LogP contribution in [0.4, 0.5) is 0 Å². The highest BCUT2D eigenvalue weighted by Crippen LogP contribution is 2.33.